The van der Waals surface area contributed by atoms with E-state index in [1.54, 1.807) is 7.11 Å². The molecule has 2 rings (SSSR count). The topological polar surface area (TPSA) is 21.7 Å². The third-order valence-corrected chi connectivity index (χ3v) is 5.81. The summed E-state index contributed by atoms with van der Waals surface area (Å²) in [6, 6.07) is 8.22. The summed E-state index contributed by atoms with van der Waals surface area (Å²) in [5.74, 6) is 1.44. The summed E-state index contributed by atoms with van der Waals surface area (Å²) in [7, 11) is 1.70. The summed E-state index contributed by atoms with van der Waals surface area (Å²) >= 11 is 6.07. The number of hydrogen-bond donors (Lipinski definition) is 0. The number of rotatable bonds is 14. The van der Waals surface area contributed by atoms with Crippen LogP contribution in [0.4, 0.5) is 0 Å². The Morgan fingerprint density at radius 3 is 2.11 bits per heavy atom. The van der Waals surface area contributed by atoms with Crippen molar-refractivity contribution in [2.45, 2.75) is 83.5 Å². The molecule has 0 saturated carbocycles. The van der Waals surface area contributed by atoms with E-state index in [4.69, 9.17) is 21.1 Å². The Hall–Kier alpha value is -0.770. The van der Waals surface area contributed by atoms with Crippen LogP contribution in [0.5, 0.6) is 5.75 Å². The number of nitrogens with zero attached hydrogens (tertiary/aromatic N) is 1. The van der Waals surface area contributed by atoms with Crippen molar-refractivity contribution in [3.8, 4) is 5.75 Å². The van der Waals surface area contributed by atoms with E-state index in [1.807, 2.05) is 12.1 Å². The van der Waals surface area contributed by atoms with E-state index in [2.05, 4.69) is 24.0 Å². The molecular weight excluding hydrogens is 358 g/mol. The van der Waals surface area contributed by atoms with Crippen molar-refractivity contribution in [1.29, 1.82) is 0 Å². The second-order valence-electron chi connectivity index (χ2n) is 7.71. The molecule has 0 aliphatic carbocycles. The highest BCUT2D eigenvalue weighted by atomic mass is 35.5. The Kier molecular flexibility index (Phi) is 11.2. The summed E-state index contributed by atoms with van der Waals surface area (Å²) < 4.78 is 11.4. The standard InChI is InChI=1S/C23H38ClNO2/c1-3-4-5-6-7-8-9-10-11-12-17-25-19-22(18-24)27-23(25)20-13-15-21(26-2)16-14-20/h13-16,22-23H,3-12,17-19H2,1-2H3. The highest BCUT2D eigenvalue weighted by Crippen LogP contribution is 2.32. The summed E-state index contributed by atoms with van der Waals surface area (Å²) in [5.41, 5.74) is 1.19. The average Bonchev–Trinajstić information content (AvgIpc) is 3.13. The van der Waals surface area contributed by atoms with E-state index in [9.17, 15) is 0 Å². The minimum Gasteiger partial charge on any atom is -0.497 e. The van der Waals surface area contributed by atoms with E-state index in [-0.39, 0.29) is 12.3 Å². The zero-order chi connectivity index (χ0) is 19.3. The van der Waals surface area contributed by atoms with Crippen molar-refractivity contribution in [3.05, 3.63) is 29.8 Å². The van der Waals surface area contributed by atoms with Crippen molar-refractivity contribution in [1.82, 2.24) is 4.90 Å². The maximum atomic E-state index is 6.18. The lowest BCUT2D eigenvalue weighted by Gasteiger charge is -2.23. The summed E-state index contributed by atoms with van der Waals surface area (Å²) in [4.78, 5) is 2.44. The lowest BCUT2D eigenvalue weighted by molar-refractivity contribution is 0.00497. The van der Waals surface area contributed by atoms with Crippen LogP contribution in [-0.2, 0) is 4.74 Å². The molecule has 1 aromatic rings. The van der Waals surface area contributed by atoms with Crippen LogP contribution in [0.1, 0.15) is 82.9 Å². The van der Waals surface area contributed by atoms with Gasteiger partial charge in [-0.05, 0) is 24.1 Å². The first-order chi connectivity index (χ1) is 13.3. The molecule has 1 aromatic carbocycles. The van der Waals surface area contributed by atoms with E-state index in [1.165, 1.54) is 69.8 Å². The number of alkyl halides is 1. The van der Waals surface area contributed by atoms with Gasteiger partial charge in [-0.3, -0.25) is 4.90 Å². The number of methoxy groups -OCH3 is 1. The number of ether oxygens (including phenoxy) is 2. The minimum atomic E-state index is 0.0261. The van der Waals surface area contributed by atoms with Gasteiger partial charge in [-0.2, -0.15) is 0 Å². The van der Waals surface area contributed by atoms with Crippen LogP contribution >= 0.6 is 11.6 Å². The highest BCUT2D eigenvalue weighted by molar-refractivity contribution is 6.18. The van der Waals surface area contributed by atoms with E-state index >= 15 is 0 Å². The molecular formula is C23H38ClNO2. The molecule has 0 radical (unpaired) electrons. The zero-order valence-corrected chi connectivity index (χ0v) is 18.1. The lowest BCUT2D eigenvalue weighted by Crippen LogP contribution is -2.26. The van der Waals surface area contributed by atoms with Gasteiger partial charge in [0.15, 0.2) is 0 Å². The molecule has 0 aromatic heterocycles. The molecule has 2 unspecified atom stereocenters. The SMILES string of the molecule is CCCCCCCCCCCCN1CC(CCl)OC1c1ccc(OC)cc1. The summed E-state index contributed by atoms with van der Waals surface area (Å²) in [5, 5.41) is 0. The highest BCUT2D eigenvalue weighted by Gasteiger charge is 2.32. The third-order valence-electron chi connectivity index (χ3n) is 5.46. The smallest absolute Gasteiger partial charge is 0.137 e. The molecule has 154 valence electrons. The number of unbranched alkanes of at least 4 members (excludes halogenated alkanes) is 9. The summed E-state index contributed by atoms with van der Waals surface area (Å²) in [6.45, 7) is 4.29. The van der Waals surface area contributed by atoms with Gasteiger partial charge < -0.3 is 9.47 Å². The summed E-state index contributed by atoms with van der Waals surface area (Å²) in [6.07, 6.45) is 13.8. The first-order valence-electron chi connectivity index (χ1n) is 10.9. The Bertz CT molecular complexity index is 494. The molecule has 1 heterocycles. The molecule has 1 aliphatic rings. The average molecular weight is 396 g/mol. The maximum Gasteiger partial charge on any atom is 0.137 e. The van der Waals surface area contributed by atoms with Gasteiger partial charge in [-0.1, -0.05) is 76.8 Å². The predicted octanol–water partition coefficient (Wildman–Crippen LogP) is 6.55. The molecule has 0 spiro atoms. The van der Waals surface area contributed by atoms with Crippen LogP contribution in [-0.4, -0.2) is 37.1 Å². The molecule has 4 heteroatoms. The quantitative estimate of drug-likeness (QED) is 0.263. The van der Waals surface area contributed by atoms with E-state index in [0.717, 1.165) is 18.8 Å². The molecule has 1 fully saturated rings. The van der Waals surface area contributed by atoms with Crippen LogP contribution < -0.4 is 4.74 Å². The van der Waals surface area contributed by atoms with Crippen molar-refractivity contribution >= 4 is 11.6 Å². The van der Waals surface area contributed by atoms with Gasteiger partial charge in [0, 0.05) is 19.0 Å². The first kappa shape index (κ1) is 22.5. The van der Waals surface area contributed by atoms with Crippen LogP contribution in [0.15, 0.2) is 24.3 Å². The Morgan fingerprint density at radius 1 is 0.963 bits per heavy atom. The molecule has 2 atom stereocenters. The Morgan fingerprint density at radius 2 is 1.56 bits per heavy atom. The minimum absolute atomic E-state index is 0.0261. The van der Waals surface area contributed by atoms with E-state index < -0.39 is 0 Å². The molecule has 1 saturated heterocycles. The molecule has 3 nitrogen and oxygen atoms in total. The van der Waals surface area contributed by atoms with Crippen molar-refractivity contribution in [2.24, 2.45) is 0 Å². The van der Waals surface area contributed by atoms with Crippen LogP contribution in [0.2, 0.25) is 0 Å². The maximum absolute atomic E-state index is 6.18. The molecule has 0 bridgehead atoms. The van der Waals surface area contributed by atoms with Gasteiger partial charge >= 0.3 is 0 Å². The van der Waals surface area contributed by atoms with Gasteiger partial charge in [0.1, 0.15) is 12.0 Å². The van der Waals surface area contributed by atoms with Gasteiger partial charge in [0.2, 0.25) is 0 Å². The second-order valence-corrected chi connectivity index (χ2v) is 8.02. The zero-order valence-electron chi connectivity index (χ0n) is 17.3. The van der Waals surface area contributed by atoms with Crippen molar-refractivity contribution < 1.29 is 9.47 Å². The number of hydrogen-bond acceptors (Lipinski definition) is 3. The molecule has 0 N–H and O–H groups in total. The largest absolute Gasteiger partial charge is 0.497 e. The van der Waals surface area contributed by atoms with Gasteiger partial charge in [-0.15, -0.1) is 11.6 Å². The van der Waals surface area contributed by atoms with Crippen LogP contribution in [0.3, 0.4) is 0 Å². The second kappa shape index (κ2) is 13.4. The van der Waals surface area contributed by atoms with Gasteiger partial charge in [0.05, 0.1) is 13.2 Å². The Balaban J connectivity index is 1.67. The monoisotopic (exact) mass is 395 g/mol. The normalized spacial score (nSPS) is 20.3. The van der Waals surface area contributed by atoms with Crippen LogP contribution in [0, 0.1) is 0 Å². The molecule has 27 heavy (non-hydrogen) atoms. The van der Waals surface area contributed by atoms with Crippen molar-refractivity contribution in [2.75, 3.05) is 26.1 Å². The number of benzene rings is 1. The fourth-order valence-corrected chi connectivity index (χ4v) is 3.99. The third kappa shape index (κ3) is 8.01. The number of halogens is 1. The first-order valence-corrected chi connectivity index (χ1v) is 11.4. The van der Waals surface area contributed by atoms with Gasteiger partial charge in [0.25, 0.3) is 0 Å². The van der Waals surface area contributed by atoms with E-state index in [0.29, 0.717) is 5.88 Å². The fourth-order valence-electron chi connectivity index (χ4n) is 3.82. The molecule has 0 amide bonds. The fraction of sp³-hybridized carbons (Fsp3) is 0.739. The lowest BCUT2D eigenvalue weighted by atomic mass is 10.1. The van der Waals surface area contributed by atoms with Crippen LogP contribution in [0.25, 0.3) is 0 Å². The Labute approximate surface area is 171 Å². The molecule has 1 aliphatic heterocycles. The van der Waals surface area contributed by atoms with Gasteiger partial charge in [-0.25, -0.2) is 0 Å². The van der Waals surface area contributed by atoms with Crippen molar-refractivity contribution in [3.63, 3.8) is 0 Å². The predicted molar refractivity (Wildman–Crippen MR) is 115 cm³/mol.